The summed E-state index contributed by atoms with van der Waals surface area (Å²) in [6, 6.07) is 73.7. The molecule has 0 spiro atoms. The smallest absolute Gasteiger partial charge is 0.179 e. The maximum Gasteiger partial charge on any atom is 0.179 e. The van der Waals surface area contributed by atoms with Crippen molar-refractivity contribution >= 4 is 99.5 Å². The number of benzene rings is 10. The zero-order valence-corrected chi connectivity index (χ0v) is 34.3. The van der Waals surface area contributed by atoms with Gasteiger partial charge in [-0.1, -0.05) is 103 Å². The quantitative estimate of drug-likeness (QED) is 0.161. The Hall–Kier alpha value is -8.08. The molecule has 2 aromatic heterocycles. The van der Waals surface area contributed by atoms with Crippen molar-refractivity contribution in [1.29, 1.82) is 0 Å². The molecule has 0 aliphatic rings. The first-order chi connectivity index (χ1) is 30.5. The Kier molecular flexibility index (Phi) is 8.26. The fourth-order valence-electron chi connectivity index (χ4n) is 9.34. The molecule has 0 unspecified atom stereocenters. The van der Waals surface area contributed by atoms with Gasteiger partial charge in [0, 0.05) is 55.7 Å². The third-order valence-electron chi connectivity index (χ3n) is 12.2. The molecule has 0 N–H and O–H groups in total. The summed E-state index contributed by atoms with van der Waals surface area (Å²) in [7, 11) is 0. The highest BCUT2D eigenvalue weighted by Gasteiger charge is 2.23. The van der Waals surface area contributed by atoms with Gasteiger partial charge in [0.1, 0.15) is 11.2 Å². The minimum atomic E-state index is 0.756. The second-order valence-electron chi connectivity index (χ2n) is 16.4. The first-order valence-corrected chi connectivity index (χ1v) is 21.1. The van der Waals surface area contributed by atoms with Crippen LogP contribution in [-0.4, -0.2) is 0 Å². The van der Waals surface area contributed by atoms with Crippen LogP contribution in [-0.2, 0) is 0 Å². The van der Waals surface area contributed by atoms with Crippen LogP contribution in [0.4, 0.5) is 34.1 Å². The molecule has 12 aromatic rings. The predicted octanol–water partition coefficient (Wildman–Crippen LogP) is 17.0. The van der Waals surface area contributed by atoms with Gasteiger partial charge < -0.3 is 18.6 Å². The molecule has 10 aromatic carbocycles. The highest BCUT2D eigenvalue weighted by molar-refractivity contribution is 6.26. The average Bonchev–Trinajstić information content (AvgIpc) is 3.86. The van der Waals surface area contributed by atoms with Crippen molar-refractivity contribution in [1.82, 2.24) is 0 Å². The molecular formula is C58H40N2O2. The van der Waals surface area contributed by atoms with Crippen molar-refractivity contribution in [3.8, 4) is 11.1 Å². The van der Waals surface area contributed by atoms with Crippen LogP contribution in [0.3, 0.4) is 0 Å². The van der Waals surface area contributed by atoms with Gasteiger partial charge in [0.05, 0.1) is 0 Å². The summed E-state index contributed by atoms with van der Waals surface area (Å²) in [4.78, 5) is 4.63. The van der Waals surface area contributed by atoms with Crippen LogP contribution in [0.5, 0.6) is 0 Å². The van der Waals surface area contributed by atoms with Gasteiger partial charge in [-0.3, -0.25) is 0 Å². The molecule has 294 valence electrons. The van der Waals surface area contributed by atoms with E-state index in [4.69, 9.17) is 8.83 Å². The lowest BCUT2D eigenvalue weighted by Crippen LogP contribution is -2.09. The van der Waals surface area contributed by atoms with E-state index in [-0.39, 0.29) is 0 Å². The third-order valence-corrected chi connectivity index (χ3v) is 12.2. The van der Waals surface area contributed by atoms with E-state index < -0.39 is 0 Å². The molecule has 0 aliphatic heterocycles. The molecule has 4 nitrogen and oxygen atoms in total. The summed E-state index contributed by atoms with van der Waals surface area (Å²) in [5.41, 5.74) is 14.4. The second-order valence-corrected chi connectivity index (χ2v) is 16.4. The van der Waals surface area contributed by atoms with Crippen molar-refractivity contribution in [3.63, 3.8) is 0 Å². The van der Waals surface area contributed by atoms with Crippen LogP contribution in [0.2, 0.25) is 0 Å². The van der Waals surface area contributed by atoms with Crippen LogP contribution in [0.25, 0.3) is 76.5 Å². The molecule has 0 amide bonds. The lowest BCUT2D eigenvalue weighted by Gasteiger charge is -2.26. The first kappa shape index (κ1) is 35.8. The van der Waals surface area contributed by atoms with Gasteiger partial charge >= 0.3 is 0 Å². The molecule has 0 saturated heterocycles. The monoisotopic (exact) mass is 796 g/mol. The SMILES string of the molecule is Cc1cccc(N(c2ccccc2)c2ccc3cc4c(cc3c2)oc2c4cc(-c3ccccc3)c3c4cc5ccc(N(c6ccccc6)c6cccc(C)c6)cc5cc4oc23)c1. The zero-order chi connectivity index (χ0) is 41.3. The van der Waals surface area contributed by atoms with E-state index in [9.17, 15) is 0 Å². The normalized spacial score (nSPS) is 11.7. The Bertz CT molecular complexity index is 3660. The topological polar surface area (TPSA) is 32.8 Å². The van der Waals surface area contributed by atoms with Crippen LogP contribution < -0.4 is 9.80 Å². The van der Waals surface area contributed by atoms with E-state index >= 15 is 0 Å². The fraction of sp³-hybridized carbons (Fsp3) is 0.0345. The molecule has 0 saturated carbocycles. The van der Waals surface area contributed by atoms with E-state index in [1.165, 1.54) is 11.1 Å². The minimum Gasteiger partial charge on any atom is -0.452 e. The molecule has 0 bridgehead atoms. The fourth-order valence-corrected chi connectivity index (χ4v) is 9.34. The average molecular weight is 797 g/mol. The molecule has 0 fully saturated rings. The van der Waals surface area contributed by atoms with Gasteiger partial charge in [0.2, 0.25) is 0 Å². The minimum absolute atomic E-state index is 0.756. The van der Waals surface area contributed by atoms with Crippen molar-refractivity contribution in [2.45, 2.75) is 13.8 Å². The molecule has 0 atom stereocenters. The third kappa shape index (κ3) is 5.99. The van der Waals surface area contributed by atoms with E-state index in [0.29, 0.717) is 0 Å². The molecule has 2 heterocycles. The Morgan fingerprint density at radius 2 is 0.790 bits per heavy atom. The van der Waals surface area contributed by atoms with Gasteiger partial charge in [-0.2, -0.15) is 0 Å². The van der Waals surface area contributed by atoms with E-state index in [0.717, 1.165) is 111 Å². The number of fused-ring (bicyclic) bond motifs is 9. The summed E-state index contributed by atoms with van der Waals surface area (Å²) in [6.45, 7) is 4.28. The largest absolute Gasteiger partial charge is 0.452 e. The molecular weight excluding hydrogens is 757 g/mol. The Morgan fingerprint density at radius 3 is 1.34 bits per heavy atom. The summed E-state index contributed by atoms with van der Waals surface area (Å²) in [5, 5.41) is 8.69. The van der Waals surface area contributed by atoms with E-state index in [1.54, 1.807) is 0 Å². The van der Waals surface area contributed by atoms with Gasteiger partial charge in [-0.25, -0.2) is 0 Å². The van der Waals surface area contributed by atoms with Gasteiger partial charge in [-0.05, 0) is 161 Å². The summed E-state index contributed by atoms with van der Waals surface area (Å²) in [5.74, 6) is 0. The zero-order valence-electron chi connectivity index (χ0n) is 34.3. The van der Waals surface area contributed by atoms with Crippen LogP contribution in [0.15, 0.2) is 215 Å². The van der Waals surface area contributed by atoms with Crippen LogP contribution in [0.1, 0.15) is 11.1 Å². The Balaban J connectivity index is 1.05. The van der Waals surface area contributed by atoms with Gasteiger partial charge in [0.15, 0.2) is 11.2 Å². The second kappa shape index (κ2) is 14.3. The summed E-state index contributed by atoms with van der Waals surface area (Å²) >= 11 is 0. The number of nitrogens with zero attached hydrogens (tertiary/aromatic N) is 2. The molecule has 12 rings (SSSR count). The number of rotatable bonds is 7. The van der Waals surface area contributed by atoms with Crippen LogP contribution in [0, 0.1) is 13.8 Å². The summed E-state index contributed by atoms with van der Waals surface area (Å²) < 4.78 is 13.9. The Labute approximate surface area is 359 Å². The number of hydrogen-bond acceptors (Lipinski definition) is 4. The maximum atomic E-state index is 6.99. The maximum absolute atomic E-state index is 6.99. The number of anilines is 6. The standard InChI is InChI=1S/C58H40N2O2/c1-37-14-12-22-46(28-37)59(44-18-8-4-9-19-44)48-26-24-40-32-51-52-36-50(39-16-6-3-7-17-39)56-53-33-41-25-27-49(60(45-20-10-5-11-21-45)47-23-13-15-38(2)29-47)31-43(41)35-55(53)62-58(56)57(52)61-54(51)34-42(40)30-48/h3-36H,1-2H3. The van der Waals surface area contributed by atoms with Gasteiger partial charge in [-0.15, -0.1) is 0 Å². The number of furan rings is 2. The van der Waals surface area contributed by atoms with Crippen molar-refractivity contribution < 1.29 is 8.83 Å². The number of aryl methyl sites for hydroxylation is 2. The van der Waals surface area contributed by atoms with Crippen molar-refractivity contribution in [3.05, 3.63) is 217 Å². The Morgan fingerprint density at radius 1 is 0.323 bits per heavy atom. The summed E-state index contributed by atoms with van der Waals surface area (Å²) in [6.07, 6.45) is 0. The van der Waals surface area contributed by atoms with Crippen molar-refractivity contribution in [2.75, 3.05) is 9.80 Å². The lowest BCUT2D eigenvalue weighted by atomic mass is 9.95. The first-order valence-electron chi connectivity index (χ1n) is 21.1. The van der Waals surface area contributed by atoms with Gasteiger partial charge in [0.25, 0.3) is 0 Å². The predicted molar refractivity (Wildman–Crippen MR) is 260 cm³/mol. The van der Waals surface area contributed by atoms with Crippen molar-refractivity contribution in [2.24, 2.45) is 0 Å². The number of para-hydroxylation sites is 2. The highest BCUT2D eigenvalue weighted by atomic mass is 16.4. The highest BCUT2D eigenvalue weighted by Crippen LogP contribution is 2.47. The molecule has 0 radical (unpaired) electrons. The lowest BCUT2D eigenvalue weighted by molar-refractivity contribution is 0.634. The van der Waals surface area contributed by atoms with E-state index in [1.807, 2.05) is 0 Å². The number of hydrogen-bond donors (Lipinski definition) is 0. The van der Waals surface area contributed by atoms with E-state index in [2.05, 4.69) is 230 Å². The molecule has 0 aliphatic carbocycles. The molecule has 4 heteroatoms. The molecule has 62 heavy (non-hydrogen) atoms. The van der Waals surface area contributed by atoms with Crippen LogP contribution >= 0.6 is 0 Å².